The molecule has 0 radical (unpaired) electrons. The molecular formula is C42H44O10. The Morgan fingerprint density at radius 1 is 0.885 bits per heavy atom. The molecule has 2 heterocycles. The number of phenolic OH excluding ortho intramolecular Hbond substituents is 3. The number of ketones is 2. The summed E-state index contributed by atoms with van der Waals surface area (Å²) in [5.74, 6) is -1.57. The van der Waals surface area contributed by atoms with E-state index in [2.05, 4.69) is 6.92 Å². The van der Waals surface area contributed by atoms with Crippen molar-refractivity contribution < 1.29 is 48.7 Å². The predicted octanol–water partition coefficient (Wildman–Crippen LogP) is 7.41. The van der Waals surface area contributed by atoms with Gasteiger partial charge in [0.25, 0.3) is 0 Å². The van der Waals surface area contributed by atoms with Gasteiger partial charge in [0.2, 0.25) is 5.78 Å². The lowest BCUT2D eigenvalue weighted by molar-refractivity contribution is -0.200. The Morgan fingerprint density at radius 2 is 1.54 bits per heavy atom. The highest BCUT2D eigenvalue weighted by molar-refractivity contribution is 6.06. The molecule has 8 atom stereocenters. The fourth-order valence-electron chi connectivity index (χ4n) is 10.7. The zero-order valence-corrected chi connectivity index (χ0v) is 30.0. The van der Waals surface area contributed by atoms with Crippen LogP contribution in [0.4, 0.5) is 0 Å². The van der Waals surface area contributed by atoms with E-state index in [4.69, 9.17) is 19.0 Å². The maximum atomic E-state index is 14.3. The van der Waals surface area contributed by atoms with Crippen LogP contribution in [0.25, 0.3) is 12.2 Å². The van der Waals surface area contributed by atoms with Crippen molar-refractivity contribution in [3.63, 3.8) is 0 Å². The molecule has 52 heavy (non-hydrogen) atoms. The summed E-state index contributed by atoms with van der Waals surface area (Å²) in [6.07, 6.45) is 10.8. The van der Waals surface area contributed by atoms with Crippen molar-refractivity contribution in [3.8, 4) is 17.2 Å². The summed E-state index contributed by atoms with van der Waals surface area (Å²) >= 11 is 0. The molecule has 4 N–H and O–H groups in total. The average molecular weight is 709 g/mol. The number of phenols is 3. The maximum absolute atomic E-state index is 14.3. The Kier molecular flexibility index (Phi) is 7.96. The predicted molar refractivity (Wildman–Crippen MR) is 191 cm³/mol. The number of furan rings is 1. The molecule has 3 fully saturated rings. The molecule has 3 aromatic rings. The van der Waals surface area contributed by atoms with Gasteiger partial charge in [-0.25, -0.2) is 0 Å². The number of aliphatic hydroxyl groups excluding tert-OH is 1. The number of fused-ring (bicyclic) bond motifs is 3. The molecule has 1 spiro atoms. The summed E-state index contributed by atoms with van der Waals surface area (Å²) < 4.78 is 17.9. The van der Waals surface area contributed by atoms with Crippen LogP contribution in [0.15, 0.2) is 89.0 Å². The zero-order valence-electron chi connectivity index (χ0n) is 30.0. The number of esters is 1. The molecule has 1 aromatic heterocycles. The molecule has 10 heteroatoms. The second kappa shape index (κ2) is 11.7. The molecule has 4 aliphatic carbocycles. The van der Waals surface area contributed by atoms with Crippen LogP contribution in [0.3, 0.4) is 0 Å². The van der Waals surface area contributed by atoms with Crippen LogP contribution in [0.5, 0.6) is 17.2 Å². The number of ether oxygens (including phenoxy) is 2. The highest BCUT2D eigenvalue weighted by atomic mass is 16.6. The van der Waals surface area contributed by atoms with Crippen LogP contribution in [0.2, 0.25) is 0 Å². The summed E-state index contributed by atoms with van der Waals surface area (Å²) in [5.41, 5.74) is -1.43. The topological polar surface area (TPSA) is 167 Å². The van der Waals surface area contributed by atoms with Gasteiger partial charge < -0.3 is 34.3 Å². The quantitative estimate of drug-likeness (QED) is 0.122. The smallest absolute Gasteiger partial charge is 0.302 e. The first-order valence-corrected chi connectivity index (χ1v) is 17.5. The molecule has 1 saturated heterocycles. The van der Waals surface area contributed by atoms with Crippen molar-refractivity contribution in [2.75, 3.05) is 0 Å². The Bertz CT molecular complexity index is 2030. The van der Waals surface area contributed by atoms with Gasteiger partial charge in [0.15, 0.2) is 11.5 Å². The number of aliphatic hydroxyl groups is 1. The third-order valence-electron chi connectivity index (χ3n) is 12.7. The van der Waals surface area contributed by atoms with Crippen molar-refractivity contribution in [1.82, 2.24) is 0 Å². The molecular weight excluding hydrogens is 664 g/mol. The number of allylic oxidation sites excluding steroid dienone is 4. The Balaban J connectivity index is 0.000000208. The van der Waals surface area contributed by atoms with E-state index in [1.54, 1.807) is 81.0 Å². The second-order valence-electron chi connectivity index (χ2n) is 16.0. The SMILES string of the molecule is CC(=O)OC1CC2(C)C(c3ccoc3)CC3OC32C2(C)C(=O)C(O)=C3C(C)(C)C(=O)C=CC3(C)C12.Oc1ccc(C=Cc2cc(O)cc(O)c2)cc1. The van der Waals surface area contributed by atoms with Crippen molar-refractivity contribution >= 4 is 29.7 Å². The molecule has 272 valence electrons. The molecule has 8 rings (SSSR count). The van der Waals surface area contributed by atoms with E-state index in [1.807, 2.05) is 26.0 Å². The van der Waals surface area contributed by atoms with Crippen LogP contribution in [0, 0.1) is 27.6 Å². The van der Waals surface area contributed by atoms with Gasteiger partial charge in [-0.2, -0.15) is 0 Å². The monoisotopic (exact) mass is 708 g/mol. The lowest BCUT2D eigenvalue weighted by Gasteiger charge is -2.64. The number of carbonyl (C=O) groups excluding carboxylic acids is 3. The summed E-state index contributed by atoms with van der Waals surface area (Å²) in [4.78, 5) is 39.6. The number of hydrogen-bond donors (Lipinski definition) is 4. The fraction of sp³-hybridized carbons (Fsp3) is 0.405. The standard InChI is InChI=1S/C28H32O7.C14H12O3/c1-14(29)34-17-12-26(5)16(15-8-10-33-13-15)11-19-28(26,35-19)27(6)21(17)25(4)9-7-18(30)24(2,3)22(25)20(31)23(27)32;15-12-5-3-10(4-6-12)1-2-11-7-13(16)9-14(17)8-11/h7-10,13,16-17,19,21,31H,11-12H2,1-6H3;1-9,15-17H. The van der Waals surface area contributed by atoms with Crippen LogP contribution in [-0.2, 0) is 23.9 Å². The number of hydrogen-bond acceptors (Lipinski definition) is 10. The van der Waals surface area contributed by atoms with E-state index < -0.39 is 51.0 Å². The van der Waals surface area contributed by atoms with Gasteiger partial charge in [0, 0.05) is 29.7 Å². The van der Waals surface area contributed by atoms with Crippen LogP contribution < -0.4 is 0 Å². The number of benzene rings is 2. The van der Waals surface area contributed by atoms with Crippen LogP contribution >= 0.6 is 0 Å². The normalized spacial score (nSPS) is 35.2. The molecule has 8 unspecified atom stereocenters. The average Bonchev–Trinajstić information content (AvgIpc) is 3.43. The van der Waals surface area contributed by atoms with E-state index in [9.17, 15) is 29.7 Å². The molecule has 0 bridgehead atoms. The number of rotatable bonds is 4. The van der Waals surface area contributed by atoms with Crippen molar-refractivity contribution in [2.45, 2.75) is 78.1 Å². The van der Waals surface area contributed by atoms with Gasteiger partial charge >= 0.3 is 5.97 Å². The second-order valence-corrected chi connectivity index (χ2v) is 16.0. The zero-order chi connectivity index (χ0) is 37.6. The number of epoxide rings is 1. The minimum atomic E-state index is -1.17. The van der Waals surface area contributed by atoms with E-state index in [0.29, 0.717) is 24.0 Å². The van der Waals surface area contributed by atoms with Crippen LogP contribution in [-0.4, -0.2) is 55.8 Å². The van der Waals surface area contributed by atoms with Gasteiger partial charge in [0.1, 0.15) is 29.0 Å². The first kappa shape index (κ1) is 35.3. The highest BCUT2D eigenvalue weighted by Crippen LogP contribution is 2.81. The maximum Gasteiger partial charge on any atom is 0.302 e. The third kappa shape index (κ3) is 4.90. The fourth-order valence-corrected chi connectivity index (χ4v) is 10.7. The highest BCUT2D eigenvalue weighted by Gasteiger charge is 2.89. The van der Waals surface area contributed by atoms with Gasteiger partial charge in [-0.15, -0.1) is 0 Å². The summed E-state index contributed by atoms with van der Waals surface area (Å²) in [5, 5.41) is 39.2. The van der Waals surface area contributed by atoms with Crippen molar-refractivity contribution in [2.24, 2.45) is 27.6 Å². The Hall–Kier alpha value is -5.09. The van der Waals surface area contributed by atoms with Gasteiger partial charge in [-0.05, 0) is 98.2 Å². The molecule has 2 aromatic carbocycles. The lowest BCUT2D eigenvalue weighted by Crippen LogP contribution is -2.70. The first-order valence-electron chi connectivity index (χ1n) is 17.5. The third-order valence-corrected chi connectivity index (χ3v) is 12.7. The van der Waals surface area contributed by atoms with Gasteiger partial charge in [-0.1, -0.05) is 44.2 Å². The summed E-state index contributed by atoms with van der Waals surface area (Å²) in [6, 6.07) is 13.1. The van der Waals surface area contributed by atoms with E-state index in [1.165, 1.54) is 13.0 Å². The Morgan fingerprint density at radius 3 is 2.15 bits per heavy atom. The first-order chi connectivity index (χ1) is 24.4. The summed E-state index contributed by atoms with van der Waals surface area (Å²) in [6.45, 7) is 10.8. The summed E-state index contributed by atoms with van der Waals surface area (Å²) in [7, 11) is 0. The van der Waals surface area contributed by atoms with Crippen molar-refractivity contribution in [1.29, 1.82) is 0 Å². The molecule has 5 aliphatic rings. The van der Waals surface area contributed by atoms with Gasteiger partial charge in [-0.3, -0.25) is 14.4 Å². The molecule has 0 amide bonds. The Labute approximate surface area is 302 Å². The minimum absolute atomic E-state index is 0.0235. The number of Topliss-reactive ketones (excluding diaryl/α,β-unsaturated/α-hetero) is 1. The number of carbonyl (C=O) groups is 3. The van der Waals surface area contributed by atoms with Crippen molar-refractivity contribution in [3.05, 3.63) is 101 Å². The lowest BCUT2D eigenvalue weighted by atomic mass is 9.38. The van der Waals surface area contributed by atoms with Gasteiger partial charge in [0.05, 0.1) is 29.5 Å². The molecule has 2 saturated carbocycles. The molecule has 10 nitrogen and oxygen atoms in total. The van der Waals surface area contributed by atoms with E-state index in [0.717, 1.165) is 11.1 Å². The largest absolute Gasteiger partial charge is 0.508 e. The minimum Gasteiger partial charge on any atom is -0.508 e. The van der Waals surface area contributed by atoms with E-state index in [-0.39, 0.29) is 40.8 Å². The van der Waals surface area contributed by atoms with Crippen LogP contribution in [0.1, 0.15) is 77.0 Å². The van der Waals surface area contributed by atoms with E-state index >= 15 is 0 Å². The molecule has 1 aliphatic heterocycles. The number of aromatic hydroxyl groups is 3.